The zero-order chi connectivity index (χ0) is 16.5. The Morgan fingerprint density at radius 3 is 2.35 bits per heavy atom. The molecule has 0 atom stereocenters. The second-order valence-electron chi connectivity index (χ2n) is 5.08. The molecule has 0 saturated heterocycles. The number of amides is 3. The van der Waals surface area contributed by atoms with Crippen molar-refractivity contribution in [3.63, 3.8) is 0 Å². The van der Waals surface area contributed by atoms with Gasteiger partial charge in [0.1, 0.15) is 0 Å². The Morgan fingerprint density at radius 2 is 1.61 bits per heavy atom. The molecule has 120 valence electrons. The lowest BCUT2D eigenvalue weighted by Gasteiger charge is -2.11. The quantitative estimate of drug-likeness (QED) is 0.767. The van der Waals surface area contributed by atoms with Crippen molar-refractivity contribution < 1.29 is 9.59 Å². The van der Waals surface area contributed by atoms with Gasteiger partial charge in [0.25, 0.3) is 0 Å². The molecule has 2 aromatic rings. The van der Waals surface area contributed by atoms with Crippen LogP contribution in [0.1, 0.15) is 18.1 Å². The van der Waals surface area contributed by atoms with E-state index in [-0.39, 0.29) is 18.5 Å². The monoisotopic (exact) mass is 311 g/mol. The highest BCUT2D eigenvalue weighted by Crippen LogP contribution is 2.14. The number of carbonyl (C=O) groups is 2. The highest BCUT2D eigenvalue weighted by molar-refractivity contribution is 5.94. The molecular formula is C18H21N3O2. The van der Waals surface area contributed by atoms with Crippen molar-refractivity contribution in [2.75, 3.05) is 11.9 Å². The van der Waals surface area contributed by atoms with Gasteiger partial charge in [0.15, 0.2) is 0 Å². The van der Waals surface area contributed by atoms with Crippen molar-refractivity contribution in [3.8, 4) is 0 Å². The zero-order valence-electron chi connectivity index (χ0n) is 13.1. The molecule has 0 aliphatic rings. The van der Waals surface area contributed by atoms with Crippen molar-refractivity contribution >= 4 is 17.6 Å². The number of para-hydroxylation sites is 1. The van der Waals surface area contributed by atoms with E-state index in [2.05, 4.69) is 16.0 Å². The van der Waals surface area contributed by atoms with Crippen LogP contribution in [-0.2, 0) is 17.8 Å². The van der Waals surface area contributed by atoms with Crippen LogP contribution in [0, 0.1) is 0 Å². The largest absolute Gasteiger partial charge is 0.334 e. The van der Waals surface area contributed by atoms with Crippen molar-refractivity contribution in [1.29, 1.82) is 0 Å². The molecule has 3 N–H and O–H groups in total. The molecule has 0 unspecified atom stereocenters. The van der Waals surface area contributed by atoms with Crippen LogP contribution in [-0.4, -0.2) is 18.5 Å². The molecule has 23 heavy (non-hydrogen) atoms. The third-order valence-corrected chi connectivity index (χ3v) is 3.38. The van der Waals surface area contributed by atoms with E-state index >= 15 is 0 Å². The van der Waals surface area contributed by atoms with Crippen LogP contribution >= 0.6 is 0 Å². The normalized spacial score (nSPS) is 9.96. The van der Waals surface area contributed by atoms with Gasteiger partial charge in [0.05, 0.1) is 6.54 Å². The van der Waals surface area contributed by atoms with Gasteiger partial charge in [0.2, 0.25) is 5.91 Å². The fourth-order valence-electron chi connectivity index (χ4n) is 2.15. The topological polar surface area (TPSA) is 70.2 Å². The van der Waals surface area contributed by atoms with E-state index in [0.29, 0.717) is 6.54 Å². The Bertz CT molecular complexity index is 656. The smallest absolute Gasteiger partial charge is 0.315 e. The summed E-state index contributed by atoms with van der Waals surface area (Å²) in [6, 6.07) is 16.8. The zero-order valence-corrected chi connectivity index (χ0v) is 13.1. The second kappa shape index (κ2) is 8.58. The average Bonchev–Trinajstić information content (AvgIpc) is 2.59. The summed E-state index contributed by atoms with van der Waals surface area (Å²) in [6.45, 7) is 2.38. The molecule has 0 aliphatic heterocycles. The summed E-state index contributed by atoms with van der Waals surface area (Å²) in [7, 11) is 0. The Balaban J connectivity index is 1.74. The second-order valence-corrected chi connectivity index (χ2v) is 5.08. The summed E-state index contributed by atoms with van der Waals surface area (Å²) >= 11 is 0. The number of anilines is 1. The molecule has 3 amide bonds. The van der Waals surface area contributed by atoms with Crippen LogP contribution < -0.4 is 16.0 Å². The number of nitrogens with one attached hydrogen (secondary N) is 3. The minimum absolute atomic E-state index is 0.0708. The van der Waals surface area contributed by atoms with Gasteiger partial charge in [-0.25, -0.2) is 4.79 Å². The van der Waals surface area contributed by atoms with E-state index in [1.54, 1.807) is 0 Å². The van der Waals surface area contributed by atoms with E-state index in [9.17, 15) is 9.59 Å². The number of rotatable bonds is 6. The molecule has 0 spiro atoms. The average molecular weight is 311 g/mol. The van der Waals surface area contributed by atoms with Gasteiger partial charge in [-0.3, -0.25) is 4.79 Å². The summed E-state index contributed by atoms with van der Waals surface area (Å²) in [5.74, 6) is -0.249. The van der Waals surface area contributed by atoms with Crippen LogP contribution in [0.5, 0.6) is 0 Å². The predicted octanol–water partition coefficient (Wildman–Crippen LogP) is 2.69. The molecule has 2 rings (SSSR count). The lowest BCUT2D eigenvalue weighted by atomic mass is 10.1. The van der Waals surface area contributed by atoms with Crippen LogP contribution in [0.4, 0.5) is 10.5 Å². The molecule has 5 nitrogen and oxygen atoms in total. The van der Waals surface area contributed by atoms with Crippen LogP contribution in [0.15, 0.2) is 54.6 Å². The lowest BCUT2D eigenvalue weighted by molar-refractivity contribution is -0.115. The van der Waals surface area contributed by atoms with Crippen molar-refractivity contribution in [3.05, 3.63) is 65.7 Å². The summed E-state index contributed by atoms with van der Waals surface area (Å²) in [5, 5.41) is 8.07. The van der Waals surface area contributed by atoms with Crippen molar-refractivity contribution in [2.45, 2.75) is 19.9 Å². The standard InChI is InChI=1S/C18H21N3O2/c1-2-15-10-6-7-11-16(15)21-17(22)13-20-18(23)19-12-14-8-4-3-5-9-14/h3-11H,2,12-13H2,1H3,(H,21,22)(H2,19,20,23). The first-order chi connectivity index (χ1) is 11.2. The Hall–Kier alpha value is -2.82. The number of benzene rings is 2. The van der Waals surface area contributed by atoms with Gasteiger partial charge in [0, 0.05) is 12.2 Å². The molecule has 0 aliphatic carbocycles. The maximum Gasteiger partial charge on any atom is 0.315 e. The van der Waals surface area contributed by atoms with Gasteiger partial charge < -0.3 is 16.0 Å². The first-order valence-corrected chi connectivity index (χ1v) is 7.62. The Labute approximate surface area is 136 Å². The van der Waals surface area contributed by atoms with Crippen LogP contribution in [0.25, 0.3) is 0 Å². The molecule has 0 radical (unpaired) electrons. The lowest BCUT2D eigenvalue weighted by Crippen LogP contribution is -2.39. The number of urea groups is 1. The molecule has 2 aromatic carbocycles. The maximum absolute atomic E-state index is 11.9. The highest BCUT2D eigenvalue weighted by atomic mass is 16.2. The van der Waals surface area contributed by atoms with Crippen molar-refractivity contribution in [2.24, 2.45) is 0 Å². The van der Waals surface area contributed by atoms with E-state index in [1.165, 1.54) is 0 Å². The predicted molar refractivity (Wildman–Crippen MR) is 91.1 cm³/mol. The van der Waals surface area contributed by atoms with Gasteiger partial charge >= 0.3 is 6.03 Å². The van der Waals surface area contributed by atoms with Crippen molar-refractivity contribution in [1.82, 2.24) is 10.6 Å². The molecule has 0 bridgehead atoms. The van der Waals surface area contributed by atoms with Gasteiger partial charge in [-0.15, -0.1) is 0 Å². The molecular weight excluding hydrogens is 290 g/mol. The number of carbonyl (C=O) groups excluding carboxylic acids is 2. The third-order valence-electron chi connectivity index (χ3n) is 3.38. The molecule has 5 heteroatoms. The van der Waals surface area contributed by atoms with Crippen LogP contribution in [0.3, 0.4) is 0 Å². The SMILES string of the molecule is CCc1ccccc1NC(=O)CNC(=O)NCc1ccccc1. The Kier molecular flexibility index (Phi) is 6.17. The summed E-state index contributed by atoms with van der Waals surface area (Å²) in [4.78, 5) is 23.6. The van der Waals surface area contributed by atoms with E-state index in [4.69, 9.17) is 0 Å². The van der Waals surface area contributed by atoms with Gasteiger partial charge in [-0.2, -0.15) is 0 Å². The number of hydrogen-bond acceptors (Lipinski definition) is 2. The van der Waals surface area contributed by atoms with Gasteiger partial charge in [-0.1, -0.05) is 55.5 Å². The molecule has 0 saturated carbocycles. The third kappa shape index (κ3) is 5.47. The first kappa shape index (κ1) is 16.5. The number of hydrogen-bond donors (Lipinski definition) is 3. The van der Waals surface area contributed by atoms with E-state index in [1.807, 2.05) is 61.5 Å². The number of aryl methyl sites for hydroxylation is 1. The summed E-state index contributed by atoms with van der Waals surface area (Å²) in [6.07, 6.45) is 0.835. The molecule has 0 fully saturated rings. The highest BCUT2D eigenvalue weighted by Gasteiger charge is 2.07. The summed E-state index contributed by atoms with van der Waals surface area (Å²) < 4.78 is 0. The van der Waals surface area contributed by atoms with E-state index in [0.717, 1.165) is 23.2 Å². The molecule has 0 heterocycles. The molecule has 0 aromatic heterocycles. The fourth-order valence-corrected chi connectivity index (χ4v) is 2.15. The Morgan fingerprint density at radius 1 is 0.913 bits per heavy atom. The maximum atomic E-state index is 11.9. The van der Waals surface area contributed by atoms with Gasteiger partial charge in [-0.05, 0) is 23.6 Å². The summed E-state index contributed by atoms with van der Waals surface area (Å²) in [5.41, 5.74) is 2.85. The fraction of sp³-hybridized carbons (Fsp3) is 0.222. The van der Waals surface area contributed by atoms with Crippen LogP contribution in [0.2, 0.25) is 0 Å². The van der Waals surface area contributed by atoms with E-state index < -0.39 is 0 Å². The minimum atomic E-state index is -0.368. The minimum Gasteiger partial charge on any atom is -0.334 e. The first-order valence-electron chi connectivity index (χ1n) is 7.62.